The van der Waals surface area contributed by atoms with Gasteiger partial charge in [-0.25, -0.2) is 4.79 Å². The molecule has 2 heterocycles. The van der Waals surface area contributed by atoms with Gasteiger partial charge in [-0.1, -0.05) is 31.9 Å². The molecule has 1 aromatic carbocycles. The van der Waals surface area contributed by atoms with Crippen molar-refractivity contribution in [3.63, 3.8) is 0 Å². The van der Waals surface area contributed by atoms with Crippen LogP contribution in [0.15, 0.2) is 29.1 Å². The lowest BCUT2D eigenvalue weighted by atomic mass is 9.76. The summed E-state index contributed by atoms with van der Waals surface area (Å²) in [5.41, 5.74) is 7.56. The number of likely N-dealkylation sites (tertiary alicyclic amines) is 1. The second-order valence-electron chi connectivity index (χ2n) is 8.20. The number of nitrogens with zero attached hydrogens (tertiary/aromatic N) is 2. The zero-order valence-corrected chi connectivity index (χ0v) is 15.4. The highest BCUT2D eigenvalue weighted by atomic mass is 16.2. The molecular weight excluding hydrogens is 328 g/mol. The number of hydrogen-bond donors (Lipinski definition) is 2. The molecule has 26 heavy (non-hydrogen) atoms. The summed E-state index contributed by atoms with van der Waals surface area (Å²) < 4.78 is 1.86. The average molecular weight is 356 g/mol. The molecule has 1 saturated heterocycles. The summed E-state index contributed by atoms with van der Waals surface area (Å²) in [4.78, 5) is 30.3. The molecule has 0 bridgehead atoms. The number of para-hydroxylation sites is 2. The molecule has 1 aliphatic heterocycles. The number of aromatic amines is 1. The Morgan fingerprint density at radius 2 is 1.96 bits per heavy atom. The van der Waals surface area contributed by atoms with Crippen molar-refractivity contribution < 1.29 is 4.79 Å². The van der Waals surface area contributed by atoms with Crippen LogP contribution >= 0.6 is 0 Å². The first kappa shape index (κ1) is 17.3. The Morgan fingerprint density at radius 3 is 2.69 bits per heavy atom. The van der Waals surface area contributed by atoms with Crippen LogP contribution in [0, 0.1) is 5.92 Å². The fourth-order valence-electron chi connectivity index (χ4n) is 4.86. The number of carbonyl (C=O) groups is 1. The van der Waals surface area contributed by atoms with Crippen LogP contribution in [-0.2, 0) is 4.79 Å². The van der Waals surface area contributed by atoms with Crippen molar-refractivity contribution in [2.24, 2.45) is 11.7 Å². The van der Waals surface area contributed by atoms with Crippen LogP contribution < -0.4 is 11.4 Å². The maximum atomic E-state index is 13.0. The molecule has 3 N–H and O–H groups in total. The summed E-state index contributed by atoms with van der Waals surface area (Å²) in [5.74, 6) is 0.619. The van der Waals surface area contributed by atoms with Gasteiger partial charge in [0.05, 0.1) is 16.6 Å². The molecule has 2 fully saturated rings. The number of H-pyrrole nitrogens is 1. The highest BCUT2D eigenvalue weighted by molar-refractivity contribution is 5.86. The summed E-state index contributed by atoms with van der Waals surface area (Å²) in [6.45, 7) is 3.52. The summed E-state index contributed by atoms with van der Waals surface area (Å²) in [6.07, 6.45) is 5.35. The lowest BCUT2D eigenvalue weighted by Gasteiger charge is -2.41. The third-order valence-corrected chi connectivity index (χ3v) is 6.20. The van der Waals surface area contributed by atoms with E-state index in [2.05, 4.69) is 11.9 Å². The molecule has 2 aromatic rings. The SMILES string of the molecule is CC1CCCC(N)(C(=O)N2CCC(n3c(=O)[nH]c4ccccc43)CC2)C1. The van der Waals surface area contributed by atoms with E-state index in [1.165, 1.54) is 0 Å². The number of amides is 1. The number of fused-ring (bicyclic) bond motifs is 1. The van der Waals surface area contributed by atoms with Crippen molar-refractivity contribution in [2.75, 3.05) is 13.1 Å². The second-order valence-corrected chi connectivity index (χ2v) is 8.20. The van der Waals surface area contributed by atoms with E-state index in [9.17, 15) is 9.59 Å². The highest BCUT2D eigenvalue weighted by Crippen LogP contribution is 2.33. The lowest BCUT2D eigenvalue weighted by Crippen LogP contribution is -2.58. The van der Waals surface area contributed by atoms with E-state index in [1.807, 2.05) is 33.7 Å². The van der Waals surface area contributed by atoms with Gasteiger partial charge in [-0.2, -0.15) is 0 Å². The van der Waals surface area contributed by atoms with Crippen LogP contribution in [0.2, 0.25) is 0 Å². The first-order valence-corrected chi connectivity index (χ1v) is 9.75. The fourth-order valence-corrected chi connectivity index (χ4v) is 4.86. The van der Waals surface area contributed by atoms with Crippen molar-refractivity contribution in [2.45, 2.75) is 57.0 Å². The molecule has 2 unspecified atom stereocenters. The van der Waals surface area contributed by atoms with Crippen LogP contribution in [0.25, 0.3) is 11.0 Å². The smallest absolute Gasteiger partial charge is 0.326 e. The molecule has 1 aromatic heterocycles. The lowest BCUT2D eigenvalue weighted by molar-refractivity contribution is -0.140. The Morgan fingerprint density at radius 1 is 1.23 bits per heavy atom. The first-order valence-electron chi connectivity index (χ1n) is 9.75. The second kappa shape index (κ2) is 6.58. The monoisotopic (exact) mass is 356 g/mol. The van der Waals surface area contributed by atoms with E-state index in [4.69, 9.17) is 5.73 Å². The van der Waals surface area contributed by atoms with E-state index < -0.39 is 5.54 Å². The molecule has 1 saturated carbocycles. The number of aromatic nitrogens is 2. The zero-order chi connectivity index (χ0) is 18.3. The number of piperidine rings is 1. The van der Waals surface area contributed by atoms with Gasteiger partial charge in [-0.05, 0) is 43.7 Å². The summed E-state index contributed by atoms with van der Waals surface area (Å²) >= 11 is 0. The summed E-state index contributed by atoms with van der Waals surface area (Å²) in [7, 11) is 0. The van der Waals surface area contributed by atoms with Gasteiger partial charge >= 0.3 is 5.69 Å². The molecule has 1 aliphatic carbocycles. The van der Waals surface area contributed by atoms with Gasteiger partial charge in [-0.15, -0.1) is 0 Å². The molecule has 2 aliphatic rings. The van der Waals surface area contributed by atoms with Crippen molar-refractivity contribution in [1.29, 1.82) is 0 Å². The predicted octanol–water partition coefficient (Wildman–Crippen LogP) is 2.40. The Kier molecular flexibility index (Phi) is 4.39. The molecule has 140 valence electrons. The Labute approximate surface area is 153 Å². The van der Waals surface area contributed by atoms with Gasteiger partial charge in [-0.3, -0.25) is 9.36 Å². The summed E-state index contributed by atoms with van der Waals surface area (Å²) in [5, 5.41) is 0. The third kappa shape index (κ3) is 2.96. The Bertz CT molecular complexity index is 862. The zero-order valence-electron chi connectivity index (χ0n) is 15.4. The largest absolute Gasteiger partial charge is 0.341 e. The molecule has 0 spiro atoms. The standard InChI is InChI=1S/C20H28N4O2/c1-14-5-4-10-20(21,13-14)18(25)23-11-8-15(9-12-23)24-17-7-3-2-6-16(17)22-19(24)26/h2-3,6-7,14-15H,4-5,8-13,21H2,1H3,(H,22,26). The van der Waals surface area contributed by atoms with Crippen LogP contribution in [0.5, 0.6) is 0 Å². The minimum Gasteiger partial charge on any atom is -0.341 e. The molecule has 2 atom stereocenters. The Balaban J connectivity index is 1.48. The van der Waals surface area contributed by atoms with Crippen molar-refractivity contribution >= 4 is 16.9 Å². The predicted molar refractivity (Wildman–Crippen MR) is 102 cm³/mol. The summed E-state index contributed by atoms with van der Waals surface area (Å²) in [6, 6.07) is 7.90. The maximum absolute atomic E-state index is 13.0. The van der Waals surface area contributed by atoms with E-state index >= 15 is 0 Å². The molecule has 6 heteroatoms. The number of rotatable bonds is 2. The number of nitrogens with one attached hydrogen (secondary N) is 1. The topological polar surface area (TPSA) is 84.1 Å². The quantitative estimate of drug-likeness (QED) is 0.866. The maximum Gasteiger partial charge on any atom is 0.326 e. The van der Waals surface area contributed by atoms with Gasteiger partial charge < -0.3 is 15.6 Å². The van der Waals surface area contributed by atoms with E-state index in [1.54, 1.807) is 0 Å². The Hall–Kier alpha value is -2.08. The molecule has 6 nitrogen and oxygen atoms in total. The van der Waals surface area contributed by atoms with Crippen LogP contribution in [0.4, 0.5) is 0 Å². The number of nitrogens with two attached hydrogens (primary N) is 1. The molecule has 0 radical (unpaired) electrons. The van der Waals surface area contributed by atoms with Crippen LogP contribution in [-0.4, -0.2) is 39.0 Å². The normalized spacial score (nSPS) is 27.8. The first-order chi connectivity index (χ1) is 12.5. The van der Waals surface area contributed by atoms with Gasteiger partial charge in [0.25, 0.3) is 0 Å². The third-order valence-electron chi connectivity index (χ3n) is 6.20. The van der Waals surface area contributed by atoms with Gasteiger partial charge in [0, 0.05) is 19.1 Å². The van der Waals surface area contributed by atoms with Gasteiger partial charge in [0.1, 0.15) is 0 Å². The number of hydrogen-bond acceptors (Lipinski definition) is 3. The van der Waals surface area contributed by atoms with E-state index in [0.29, 0.717) is 19.0 Å². The minimum absolute atomic E-state index is 0.0626. The molecule has 1 amide bonds. The minimum atomic E-state index is -0.692. The van der Waals surface area contributed by atoms with E-state index in [0.717, 1.165) is 49.6 Å². The molecular formula is C20H28N4O2. The number of imidazole rings is 1. The van der Waals surface area contributed by atoms with Crippen molar-refractivity contribution in [3.8, 4) is 0 Å². The van der Waals surface area contributed by atoms with E-state index in [-0.39, 0.29) is 17.6 Å². The number of benzene rings is 1. The average Bonchev–Trinajstić information content (AvgIpc) is 2.97. The highest BCUT2D eigenvalue weighted by Gasteiger charge is 2.41. The van der Waals surface area contributed by atoms with Crippen molar-refractivity contribution in [3.05, 3.63) is 34.7 Å². The van der Waals surface area contributed by atoms with Gasteiger partial charge in [0.2, 0.25) is 5.91 Å². The number of carbonyl (C=O) groups excluding carboxylic acids is 1. The van der Waals surface area contributed by atoms with Gasteiger partial charge in [0.15, 0.2) is 0 Å². The fraction of sp³-hybridized carbons (Fsp3) is 0.600. The van der Waals surface area contributed by atoms with Crippen molar-refractivity contribution in [1.82, 2.24) is 14.5 Å². The van der Waals surface area contributed by atoms with Crippen LogP contribution in [0.1, 0.15) is 51.5 Å². The van der Waals surface area contributed by atoms with Crippen LogP contribution in [0.3, 0.4) is 0 Å². The molecule has 4 rings (SSSR count).